The summed E-state index contributed by atoms with van der Waals surface area (Å²) in [5, 5.41) is 9.21. The predicted molar refractivity (Wildman–Crippen MR) is 44.1 cm³/mol. The third kappa shape index (κ3) is 2.22. The van der Waals surface area contributed by atoms with E-state index in [1.165, 1.54) is 0 Å². The van der Waals surface area contributed by atoms with Gasteiger partial charge in [0.2, 0.25) is 0 Å². The minimum absolute atomic E-state index is 0.0871. The number of aliphatic hydroxyl groups is 1. The summed E-state index contributed by atoms with van der Waals surface area (Å²) >= 11 is 0. The van der Waals surface area contributed by atoms with E-state index in [4.69, 9.17) is 4.74 Å². The van der Waals surface area contributed by atoms with E-state index in [-0.39, 0.29) is 6.10 Å². The lowest BCUT2D eigenvalue weighted by Crippen LogP contribution is -2.19. The molecule has 1 aliphatic carbocycles. The van der Waals surface area contributed by atoms with Crippen LogP contribution >= 0.6 is 0 Å². The molecule has 0 heterocycles. The average Bonchev–Trinajstić information content (AvgIpc) is 2.05. The quantitative estimate of drug-likeness (QED) is 0.616. The molecule has 2 heteroatoms. The van der Waals surface area contributed by atoms with E-state index in [9.17, 15) is 5.11 Å². The van der Waals surface area contributed by atoms with Gasteiger partial charge in [0.15, 0.2) is 0 Å². The van der Waals surface area contributed by atoms with Crippen molar-refractivity contribution in [1.29, 1.82) is 0 Å². The van der Waals surface area contributed by atoms with Crippen LogP contribution in [0.15, 0.2) is 12.3 Å². The van der Waals surface area contributed by atoms with Gasteiger partial charge in [-0.25, -0.2) is 0 Å². The van der Waals surface area contributed by atoms with Gasteiger partial charge < -0.3 is 9.84 Å². The van der Waals surface area contributed by atoms with Crippen molar-refractivity contribution in [2.24, 2.45) is 5.92 Å². The monoisotopic (exact) mass is 156 g/mol. The van der Waals surface area contributed by atoms with Crippen LogP contribution in [0.25, 0.3) is 0 Å². The molecule has 0 unspecified atom stereocenters. The molecule has 0 spiro atoms. The van der Waals surface area contributed by atoms with E-state index in [0.717, 1.165) is 31.4 Å². The van der Waals surface area contributed by atoms with Crippen molar-refractivity contribution < 1.29 is 9.84 Å². The molecule has 1 rings (SSSR count). The van der Waals surface area contributed by atoms with Gasteiger partial charge in [0.1, 0.15) is 0 Å². The van der Waals surface area contributed by atoms with Crippen LogP contribution in [0, 0.1) is 5.92 Å². The SMILES string of the molecule is C=C(OC)[C@H]1CC[C@@H](O)CC1. The topological polar surface area (TPSA) is 29.5 Å². The Morgan fingerprint density at radius 1 is 1.36 bits per heavy atom. The van der Waals surface area contributed by atoms with Gasteiger partial charge in [-0.3, -0.25) is 0 Å². The Morgan fingerprint density at radius 2 is 1.91 bits per heavy atom. The molecule has 2 nitrogen and oxygen atoms in total. The van der Waals surface area contributed by atoms with Crippen LogP contribution in [0.1, 0.15) is 25.7 Å². The number of methoxy groups -OCH3 is 1. The van der Waals surface area contributed by atoms with Crippen LogP contribution in [0.3, 0.4) is 0 Å². The normalized spacial score (nSPS) is 31.5. The van der Waals surface area contributed by atoms with E-state index in [2.05, 4.69) is 6.58 Å². The summed E-state index contributed by atoms with van der Waals surface area (Å²) in [6.45, 7) is 3.82. The van der Waals surface area contributed by atoms with Gasteiger partial charge in [-0.2, -0.15) is 0 Å². The smallest absolute Gasteiger partial charge is 0.0914 e. The van der Waals surface area contributed by atoms with E-state index in [1.807, 2.05) is 0 Å². The fourth-order valence-corrected chi connectivity index (χ4v) is 1.56. The summed E-state index contributed by atoms with van der Waals surface area (Å²) in [6, 6.07) is 0. The molecule has 0 saturated heterocycles. The minimum atomic E-state index is -0.0871. The molecule has 1 fully saturated rings. The van der Waals surface area contributed by atoms with Gasteiger partial charge in [-0.15, -0.1) is 0 Å². The van der Waals surface area contributed by atoms with Gasteiger partial charge in [0.05, 0.1) is 19.0 Å². The second-order valence-electron chi connectivity index (χ2n) is 3.18. The number of hydrogen-bond donors (Lipinski definition) is 1. The van der Waals surface area contributed by atoms with Crippen LogP contribution in [-0.4, -0.2) is 18.3 Å². The number of aliphatic hydroxyl groups excluding tert-OH is 1. The first-order chi connectivity index (χ1) is 5.24. The number of hydrogen-bond acceptors (Lipinski definition) is 2. The fraction of sp³-hybridized carbons (Fsp3) is 0.778. The van der Waals surface area contributed by atoms with Gasteiger partial charge in [-0.1, -0.05) is 6.58 Å². The second-order valence-corrected chi connectivity index (χ2v) is 3.18. The first-order valence-electron chi connectivity index (χ1n) is 4.15. The van der Waals surface area contributed by atoms with Gasteiger partial charge in [0.25, 0.3) is 0 Å². The molecular formula is C9H16O2. The van der Waals surface area contributed by atoms with Gasteiger partial charge >= 0.3 is 0 Å². The molecule has 1 N–H and O–H groups in total. The van der Waals surface area contributed by atoms with Crippen molar-refractivity contribution in [2.45, 2.75) is 31.8 Å². The minimum Gasteiger partial charge on any atom is -0.501 e. The molecule has 64 valence electrons. The Hall–Kier alpha value is -0.500. The van der Waals surface area contributed by atoms with E-state index in [0.29, 0.717) is 5.92 Å². The number of allylic oxidation sites excluding steroid dienone is 1. The molecule has 11 heavy (non-hydrogen) atoms. The van der Waals surface area contributed by atoms with E-state index in [1.54, 1.807) is 7.11 Å². The summed E-state index contributed by atoms with van der Waals surface area (Å²) in [5.41, 5.74) is 0. The summed E-state index contributed by atoms with van der Waals surface area (Å²) < 4.78 is 5.05. The highest BCUT2D eigenvalue weighted by Gasteiger charge is 2.21. The van der Waals surface area contributed by atoms with Crippen molar-refractivity contribution in [1.82, 2.24) is 0 Å². The van der Waals surface area contributed by atoms with Crippen LogP contribution in [0.5, 0.6) is 0 Å². The molecule has 0 aromatic rings. The third-order valence-corrected chi connectivity index (χ3v) is 2.41. The van der Waals surface area contributed by atoms with Crippen molar-refractivity contribution in [3.05, 3.63) is 12.3 Å². The standard InChI is InChI=1S/C9H16O2/c1-7(11-2)8-3-5-9(10)6-4-8/h8-10H,1,3-6H2,2H3/t8-,9+. The lowest BCUT2D eigenvalue weighted by atomic mass is 9.86. The van der Waals surface area contributed by atoms with Crippen molar-refractivity contribution in [3.8, 4) is 0 Å². The largest absolute Gasteiger partial charge is 0.501 e. The molecule has 0 radical (unpaired) electrons. The fourth-order valence-electron chi connectivity index (χ4n) is 1.56. The maximum absolute atomic E-state index is 9.21. The van der Waals surface area contributed by atoms with Crippen LogP contribution in [0.2, 0.25) is 0 Å². The summed E-state index contributed by atoms with van der Waals surface area (Å²) in [6.07, 6.45) is 3.75. The maximum Gasteiger partial charge on any atom is 0.0914 e. The lowest BCUT2D eigenvalue weighted by Gasteiger charge is -2.25. The summed E-state index contributed by atoms with van der Waals surface area (Å²) in [5.74, 6) is 1.35. The highest BCUT2D eigenvalue weighted by molar-refractivity contribution is 4.93. The molecule has 0 atom stereocenters. The zero-order valence-corrected chi connectivity index (χ0v) is 7.05. The number of rotatable bonds is 2. The molecule has 0 amide bonds. The highest BCUT2D eigenvalue weighted by Crippen LogP contribution is 2.29. The maximum atomic E-state index is 9.21. The average molecular weight is 156 g/mol. The zero-order chi connectivity index (χ0) is 8.27. The molecule has 1 aliphatic rings. The molecular weight excluding hydrogens is 140 g/mol. The molecule has 0 aromatic heterocycles. The Morgan fingerprint density at radius 3 is 2.36 bits per heavy atom. The Labute approximate surface area is 67.9 Å². The highest BCUT2D eigenvalue weighted by atomic mass is 16.5. The summed E-state index contributed by atoms with van der Waals surface area (Å²) in [4.78, 5) is 0. The third-order valence-electron chi connectivity index (χ3n) is 2.41. The van der Waals surface area contributed by atoms with Crippen LogP contribution in [-0.2, 0) is 4.74 Å². The molecule has 0 aliphatic heterocycles. The number of ether oxygens (including phenoxy) is 1. The van der Waals surface area contributed by atoms with Gasteiger partial charge in [-0.05, 0) is 25.7 Å². The lowest BCUT2D eigenvalue weighted by molar-refractivity contribution is 0.100. The predicted octanol–water partition coefficient (Wildman–Crippen LogP) is 1.70. The Kier molecular flexibility index (Phi) is 2.94. The van der Waals surface area contributed by atoms with Crippen molar-refractivity contribution >= 4 is 0 Å². The summed E-state index contributed by atoms with van der Waals surface area (Å²) in [7, 11) is 1.66. The second kappa shape index (κ2) is 3.77. The van der Waals surface area contributed by atoms with E-state index >= 15 is 0 Å². The Bertz CT molecular complexity index is 134. The van der Waals surface area contributed by atoms with Gasteiger partial charge in [0, 0.05) is 5.92 Å². The molecule has 0 aromatic carbocycles. The zero-order valence-electron chi connectivity index (χ0n) is 7.05. The molecule has 0 bridgehead atoms. The first-order valence-corrected chi connectivity index (χ1v) is 4.15. The first kappa shape index (κ1) is 8.60. The van der Waals surface area contributed by atoms with E-state index < -0.39 is 0 Å². The van der Waals surface area contributed by atoms with Crippen molar-refractivity contribution in [2.75, 3.05) is 7.11 Å². The Balaban J connectivity index is 2.33. The molecule has 1 saturated carbocycles. The van der Waals surface area contributed by atoms with Crippen molar-refractivity contribution in [3.63, 3.8) is 0 Å². The van der Waals surface area contributed by atoms with Crippen LogP contribution < -0.4 is 0 Å². The van der Waals surface area contributed by atoms with Crippen LogP contribution in [0.4, 0.5) is 0 Å².